The highest BCUT2D eigenvalue weighted by Crippen LogP contribution is 2.13. The highest BCUT2D eigenvalue weighted by molar-refractivity contribution is 6.30. The molecule has 2 aromatic carbocycles. The first-order valence-electron chi connectivity index (χ1n) is 5.83. The molecule has 0 atom stereocenters. The summed E-state index contributed by atoms with van der Waals surface area (Å²) in [5.41, 5.74) is 2.22. The van der Waals surface area contributed by atoms with Crippen molar-refractivity contribution in [3.05, 3.63) is 74.8 Å². The largest absolute Gasteiger partial charge is 0.309 e. The second-order valence-electron chi connectivity index (χ2n) is 4.16. The van der Waals surface area contributed by atoms with Crippen molar-refractivity contribution in [3.8, 4) is 0 Å². The van der Waals surface area contributed by atoms with E-state index in [1.54, 1.807) is 12.1 Å². The third-order valence-electron chi connectivity index (χ3n) is 2.69. The minimum atomic E-state index is -0.400. The van der Waals surface area contributed by atoms with Gasteiger partial charge in [0.1, 0.15) is 0 Å². The second-order valence-corrected chi connectivity index (χ2v) is 4.59. The third-order valence-corrected chi connectivity index (χ3v) is 2.93. The molecule has 0 amide bonds. The number of hydrogen-bond acceptors (Lipinski definition) is 3. The normalized spacial score (nSPS) is 10.4. The van der Waals surface area contributed by atoms with E-state index in [4.69, 9.17) is 11.6 Å². The van der Waals surface area contributed by atoms with Gasteiger partial charge in [0.25, 0.3) is 5.69 Å². The molecule has 5 heteroatoms. The van der Waals surface area contributed by atoms with Crippen LogP contribution in [0.2, 0.25) is 5.02 Å². The molecule has 0 heterocycles. The predicted octanol–water partition coefficient (Wildman–Crippen LogP) is 3.54. The van der Waals surface area contributed by atoms with Gasteiger partial charge in [-0.05, 0) is 23.3 Å². The van der Waals surface area contributed by atoms with E-state index in [0.717, 1.165) is 16.1 Å². The summed E-state index contributed by atoms with van der Waals surface area (Å²) in [5, 5.41) is 14.5. The molecule has 0 saturated carbocycles. The molecule has 4 nitrogen and oxygen atoms in total. The minimum absolute atomic E-state index is 0.110. The Morgan fingerprint density at radius 1 is 1.05 bits per heavy atom. The van der Waals surface area contributed by atoms with Gasteiger partial charge in [-0.25, -0.2) is 0 Å². The molecule has 0 radical (unpaired) electrons. The molecule has 0 aromatic heterocycles. The highest BCUT2D eigenvalue weighted by Gasteiger charge is 2.03. The van der Waals surface area contributed by atoms with Gasteiger partial charge in [-0.2, -0.15) is 0 Å². The van der Waals surface area contributed by atoms with Gasteiger partial charge in [0.05, 0.1) is 4.92 Å². The summed E-state index contributed by atoms with van der Waals surface area (Å²) in [6, 6.07) is 14.2. The summed E-state index contributed by atoms with van der Waals surface area (Å²) in [7, 11) is 0. The summed E-state index contributed by atoms with van der Waals surface area (Å²) >= 11 is 5.90. The summed E-state index contributed by atoms with van der Waals surface area (Å²) in [5.74, 6) is 0. The molecule has 0 aliphatic heterocycles. The van der Waals surface area contributed by atoms with E-state index in [2.05, 4.69) is 5.32 Å². The summed E-state index contributed by atoms with van der Waals surface area (Å²) in [4.78, 5) is 10.1. The first-order chi connectivity index (χ1) is 9.15. The standard InChI is InChI=1S/C14H13ClN2O2/c15-13-3-1-2-12(8-13)10-16-9-11-4-6-14(7-5-11)17(18)19/h1-8,16H,9-10H2. The van der Waals surface area contributed by atoms with Crippen LogP contribution in [0.25, 0.3) is 0 Å². The summed E-state index contributed by atoms with van der Waals surface area (Å²) < 4.78 is 0. The van der Waals surface area contributed by atoms with Crippen molar-refractivity contribution in [2.45, 2.75) is 13.1 Å². The van der Waals surface area contributed by atoms with Crippen LogP contribution in [0.3, 0.4) is 0 Å². The Balaban J connectivity index is 1.87. The molecule has 98 valence electrons. The highest BCUT2D eigenvalue weighted by atomic mass is 35.5. The Morgan fingerprint density at radius 3 is 2.37 bits per heavy atom. The predicted molar refractivity (Wildman–Crippen MR) is 75.1 cm³/mol. The average molecular weight is 277 g/mol. The number of nitrogens with one attached hydrogen (secondary N) is 1. The number of benzene rings is 2. The monoisotopic (exact) mass is 276 g/mol. The molecule has 2 aromatic rings. The van der Waals surface area contributed by atoms with Gasteiger partial charge < -0.3 is 5.32 Å². The molecule has 19 heavy (non-hydrogen) atoms. The van der Waals surface area contributed by atoms with Crippen molar-refractivity contribution in [3.63, 3.8) is 0 Å². The molecule has 0 aliphatic rings. The SMILES string of the molecule is O=[N+]([O-])c1ccc(CNCc2cccc(Cl)c2)cc1. The Hall–Kier alpha value is -1.91. The lowest BCUT2D eigenvalue weighted by molar-refractivity contribution is -0.384. The molecule has 0 bridgehead atoms. The lowest BCUT2D eigenvalue weighted by Crippen LogP contribution is -2.12. The number of nitro groups is 1. The van der Waals surface area contributed by atoms with Gasteiger partial charge in [0.2, 0.25) is 0 Å². The van der Waals surface area contributed by atoms with E-state index in [9.17, 15) is 10.1 Å². The average Bonchev–Trinajstić information content (AvgIpc) is 2.39. The maximum Gasteiger partial charge on any atom is 0.269 e. The lowest BCUT2D eigenvalue weighted by Gasteiger charge is -2.05. The van der Waals surface area contributed by atoms with Crippen LogP contribution in [-0.2, 0) is 13.1 Å². The van der Waals surface area contributed by atoms with E-state index in [-0.39, 0.29) is 5.69 Å². The zero-order chi connectivity index (χ0) is 13.7. The van der Waals surface area contributed by atoms with Gasteiger partial charge in [-0.15, -0.1) is 0 Å². The zero-order valence-corrected chi connectivity index (χ0v) is 10.9. The number of nitro benzene ring substituents is 1. The van der Waals surface area contributed by atoms with Gasteiger partial charge in [0, 0.05) is 30.2 Å². The molecule has 0 fully saturated rings. The van der Waals surface area contributed by atoms with E-state index in [0.29, 0.717) is 13.1 Å². The van der Waals surface area contributed by atoms with Crippen molar-refractivity contribution < 1.29 is 4.92 Å². The molecule has 1 N–H and O–H groups in total. The molecule has 0 saturated heterocycles. The minimum Gasteiger partial charge on any atom is -0.309 e. The molecular weight excluding hydrogens is 264 g/mol. The first kappa shape index (κ1) is 13.5. The quantitative estimate of drug-likeness (QED) is 0.671. The Labute approximate surface area is 116 Å². The van der Waals surface area contributed by atoms with Crippen molar-refractivity contribution in [1.82, 2.24) is 5.32 Å². The van der Waals surface area contributed by atoms with E-state index >= 15 is 0 Å². The third kappa shape index (κ3) is 4.05. The van der Waals surface area contributed by atoms with Crippen LogP contribution in [0.4, 0.5) is 5.69 Å². The number of rotatable bonds is 5. The number of non-ortho nitro benzene ring substituents is 1. The summed E-state index contributed by atoms with van der Waals surface area (Å²) in [6.07, 6.45) is 0. The van der Waals surface area contributed by atoms with Crippen LogP contribution < -0.4 is 5.32 Å². The molecular formula is C14H13ClN2O2. The van der Waals surface area contributed by atoms with Crippen LogP contribution in [0, 0.1) is 10.1 Å². The van der Waals surface area contributed by atoms with Crippen molar-refractivity contribution >= 4 is 17.3 Å². The fourth-order valence-electron chi connectivity index (χ4n) is 1.73. The molecule has 0 aliphatic carbocycles. The van der Waals surface area contributed by atoms with Gasteiger partial charge in [-0.3, -0.25) is 10.1 Å². The van der Waals surface area contributed by atoms with Crippen LogP contribution in [-0.4, -0.2) is 4.92 Å². The van der Waals surface area contributed by atoms with Crippen molar-refractivity contribution in [2.75, 3.05) is 0 Å². The van der Waals surface area contributed by atoms with Crippen LogP contribution in [0.5, 0.6) is 0 Å². The van der Waals surface area contributed by atoms with Gasteiger partial charge in [-0.1, -0.05) is 35.9 Å². The maximum atomic E-state index is 10.5. The molecule has 2 rings (SSSR count). The van der Waals surface area contributed by atoms with Gasteiger partial charge in [0.15, 0.2) is 0 Å². The van der Waals surface area contributed by atoms with Crippen molar-refractivity contribution in [2.24, 2.45) is 0 Å². The topological polar surface area (TPSA) is 55.2 Å². The number of hydrogen-bond donors (Lipinski definition) is 1. The summed E-state index contributed by atoms with van der Waals surface area (Å²) in [6.45, 7) is 1.36. The van der Waals surface area contributed by atoms with Crippen molar-refractivity contribution in [1.29, 1.82) is 0 Å². The zero-order valence-electron chi connectivity index (χ0n) is 10.2. The Morgan fingerprint density at radius 2 is 1.74 bits per heavy atom. The lowest BCUT2D eigenvalue weighted by atomic mass is 10.2. The maximum absolute atomic E-state index is 10.5. The molecule has 0 unspecified atom stereocenters. The van der Waals surface area contributed by atoms with Crippen LogP contribution in [0.15, 0.2) is 48.5 Å². The first-order valence-corrected chi connectivity index (χ1v) is 6.21. The van der Waals surface area contributed by atoms with E-state index in [1.807, 2.05) is 24.3 Å². The van der Waals surface area contributed by atoms with Crippen LogP contribution in [0.1, 0.15) is 11.1 Å². The smallest absolute Gasteiger partial charge is 0.269 e. The van der Waals surface area contributed by atoms with E-state index in [1.165, 1.54) is 12.1 Å². The Bertz CT molecular complexity index is 570. The fraction of sp³-hybridized carbons (Fsp3) is 0.143. The Kier molecular flexibility index (Phi) is 4.49. The number of halogens is 1. The fourth-order valence-corrected chi connectivity index (χ4v) is 1.95. The molecule has 0 spiro atoms. The number of nitrogens with zero attached hydrogens (tertiary/aromatic N) is 1. The van der Waals surface area contributed by atoms with E-state index < -0.39 is 4.92 Å². The van der Waals surface area contributed by atoms with Crippen LogP contribution >= 0.6 is 11.6 Å². The van der Waals surface area contributed by atoms with Gasteiger partial charge >= 0.3 is 0 Å². The second kappa shape index (κ2) is 6.31.